The molecule has 0 saturated carbocycles. The second-order valence-corrected chi connectivity index (χ2v) is 10.0. The van der Waals surface area contributed by atoms with Crippen LogP contribution in [0.25, 0.3) is 0 Å². The number of carbonyl (C=O) groups excluding carboxylic acids is 1. The molecule has 1 unspecified atom stereocenters. The Hall–Kier alpha value is -2.43. The van der Waals surface area contributed by atoms with Crippen LogP contribution in [0.2, 0.25) is 5.02 Å². The first kappa shape index (κ1) is 20.8. The van der Waals surface area contributed by atoms with Crippen LogP contribution < -0.4 is 16.0 Å². The first-order valence-electron chi connectivity index (χ1n) is 9.69. The van der Waals surface area contributed by atoms with Gasteiger partial charge in [-0.3, -0.25) is 4.79 Å². The van der Waals surface area contributed by atoms with Crippen molar-refractivity contribution < 1.29 is 13.2 Å². The number of nitrogens with one attached hydrogen (secondary N) is 3. The number of hydrogen-bond donors (Lipinski definition) is 3. The number of nitrogens with zero attached hydrogens (tertiary/aromatic N) is 3. The Kier molecular flexibility index (Phi) is 5.81. The van der Waals surface area contributed by atoms with Crippen molar-refractivity contribution in [2.45, 2.75) is 19.3 Å². The van der Waals surface area contributed by atoms with Gasteiger partial charge in [-0.05, 0) is 36.5 Å². The second-order valence-electron chi connectivity index (χ2n) is 7.62. The summed E-state index contributed by atoms with van der Waals surface area (Å²) in [6, 6.07) is 5.60. The first-order valence-corrected chi connectivity index (χ1v) is 11.9. The predicted octanol–water partition coefficient (Wildman–Crippen LogP) is 2.45. The molecule has 1 aromatic carbocycles. The fraction of sp³-hybridized carbons (Fsp3) is 0.421. The Balaban J connectivity index is 1.41. The van der Waals surface area contributed by atoms with Crippen molar-refractivity contribution in [3.05, 3.63) is 35.0 Å². The maximum absolute atomic E-state index is 11.8. The average Bonchev–Trinajstić information content (AvgIpc) is 3.07. The van der Waals surface area contributed by atoms with Crippen LogP contribution in [0.1, 0.15) is 18.4 Å². The summed E-state index contributed by atoms with van der Waals surface area (Å²) >= 11 is 6.24. The molecule has 1 atom stereocenters. The van der Waals surface area contributed by atoms with Gasteiger partial charge in [0.1, 0.15) is 5.02 Å². The highest BCUT2D eigenvalue weighted by Crippen LogP contribution is 2.28. The van der Waals surface area contributed by atoms with Crippen LogP contribution in [0, 0.1) is 5.92 Å². The van der Waals surface area contributed by atoms with Gasteiger partial charge < -0.3 is 16.0 Å². The van der Waals surface area contributed by atoms with Crippen molar-refractivity contribution in [2.75, 3.05) is 41.8 Å². The fourth-order valence-corrected chi connectivity index (χ4v) is 4.81. The zero-order chi connectivity index (χ0) is 21.3. The van der Waals surface area contributed by atoms with Crippen LogP contribution in [0.15, 0.2) is 24.4 Å². The van der Waals surface area contributed by atoms with Crippen molar-refractivity contribution in [1.82, 2.24) is 14.3 Å². The molecule has 1 amide bonds. The van der Waals surface area contributed by atoms with E-state index in [-0.39, 0.29) is 11.8 Å². The molecule has 3 heterocycles. The Morgan fingerprint density at radius 1 is 1.37 bits per heavy atom. The summed E-state index contributed by atoms with van der Waals surface area (Å²) < 4.78 is 25.1. The third-order valence-corrected chi connectivity index (χ3v) is 6.79. The van der Waals surface area contributed by atoms with Gasteiger partial charge in [0.15, 0.2) is 5.82 Å². The van der Waals surface area contributed by atoms with Crippen LogP contribution in [-0.2, 0) is 21.2 Å². The molecule has 9 nitrogen and oxygen atoms in total. The van der Waals surface area contributed by atoms with E-state index < -0.39 is 10.0 Å². The number of carbonyl (C=O) groups is 1. The number of sulfonamides is 1. The topological polar surface area (TPSA) is 116 Å². The Morgan fingerprint density at radius 2 is 2.20 bits per heavy atom. The van der Waals surface area contributed by atoms with E-state index in [1.54, 1.807) is 0 Å². The zero-order valence-corrected chi connectivity index (χ0v) is 18.1. The predicted molar refractivity (Wildman–Crippen MR) is 117 cm³/mol. The molecule has 1 aromatic heterocycles. The lowest BCUT2D eigenvalue weighted by Gasteiger charge is -2.31. The molecule has 0 bridgehead atoms. The van der Waals surface area contributed by atoms with Crippen molar-refractivity contribution in [1.29, 1.82) is 0 Å². The lowest BCUT2D eigenvalue weighted by Crippen LogP contribution is -2.41. The summed E-state index contributed by atoms with van der Waals surface area (Å²) in [6.07, 6.45) is 4.91. The smallest absolute Gasteiger partial charge is 0.229 e. The highest BCUT2D eigenvalue weighted by atomic mass is 35.5. The quantitative estimate of drug-likeness (QED) is 0.618. The van der Waals surface area contributed by atoms with E-state index in [0.717, 1.165) is 29.8 Å². The molecule has 2 aliphatic rings. The van der Waals surface area contributed by atoms with Gasteiger partial charge in [-0.25, -0.2) is 17.7 Å². The van der Waals surface area contributed by atoms with Crippen LogP contribution in [0.5, 0.6) is 0 Å². The molecule has 2 aliphatic heterocycles. The first-order chi connectivity index (χ1) is 14.3. The molecule has 160 valence electrons. The van der Waals surface area contributed by atoms with Gasteiger partial charge in [0, 0.05) is 31.0 Å². The van der Waals surface area contributed by atoms with Crippen LogP contribution in [-0.4, -0.2) is 54.5 Å². The minimum atomic E-state index is -3.18. The molecule has 1 fully saturated rings. The van der Waals surface area contributed by atoms with Gasteiger partial charge in [0.25, 0.3) is 0 Å². The van der Waals surface area contributed by atoms with Crippen molar-refractivity contribution in [2.24, 2.45) is 5.92 Å². The monoisotopic (exact) mass is 450 g/mol. The van der Waals surface area contributed by atoms with Crippen molar-refractivity contribution >= 4 is 50.7 Å². The summed E-state index contributed by atoms with van der Waals surface area (Å²) in [4.78, 5) is 20.2. The molecule has 1 saturated heterocycles. The number of hydrogen-bond acceptors (Lipinski definition) is 7. The summed E-state index contributed by atoms with van der Waals surface area (Å²) in [6.45, 7) is 1.62. The third kappa shape index (κ3) is 4.82. The number of benzene rings is 1. The van der Waals surface area contributed by atoms with E-state index in [0.29, 0.717) is 42.8 Å². The number of aromatic nitrogens is 2. The fourth-order valence-electron chi connectivity index (χ4n) is 3.71. The lowest BCUT2D eigenvalue weighted by molar-refractivity contribution is -0.115. The van der Waals surface area contributed by atoms with Gasteiger partial charge in [-0.15, -0.1) is 0 Å². The van der Waals surface area contributed by atoms with E-state index in [1.807, 2.05) is 18.2 Å². The SMILES string of the molecule is CS(=O)(=O)N1CCCC(CNc2nc(Nc3ccc4c(c3)NC(=O)C4)ncc2Cl)C1. The molecule has 4 rings (SSSR count). The van der Waals surface area contributed by atoms with Gasteiger partial charge in [0.05, 0.1) is 18.9 Å². The minimum Gasteiger partial charge on any atom is -0.368 e. The number of halogens is 1. The summed E-state index contributed by atoms with van der Waals surface area (Å²) in [5.41, 5.74) is 2.49. The number of fused-ring (bicyclic) bond motifs is 1. The van der Waals surface area contributed by atoms with E-state index in [4.69, 9.17) is 11.6 Å². The summed E-state index contributed by atoms with van der Waals surface area (Å²) in [5.74, 6) is 1.01. The Morgan fingerprint density at radius 3 is 3.00 bits per heavy atom. The highest BCUT2D eigenvalue weighted by Gasteiger charge is 2.26. The molecular formula is C19H23ClN6O3S. The van der Waals surface area contributed by atoms with E-state index in [2.05, 4.69) is 25.9 Å². The van der Waals surface area contributed by atoms with Gasteiger partial charge in [-0.2, -0.15) is 4.98 Å². The normalized spacial score (nSPS) is 19.3. The van der Waals surface area contributed by atoms with E-state index in [9.17, 15) is 13.2 Å². The Labute approximate surface area is 180 Å². The molecule has 2 aromatic rings. The largest absolute Gasteiger partial charge is 0.368 e. The van der Waals surface area contributed by atoms with Gasteiger partial charge in [-0.1, -0.05) is 17.7 Å². The van der Waals surface area contributed by atoms with Crippen molar-refractivity contribution in [3.63, 3.8) is 0 Å². The number of amides is 1. The molecule has 0 spiro atoms. The maximum atomic E-state index is 11.8. The van der Waals surface area contributed by atoms with E-state index in [1.165, 1.54) is 16.8 Å². The lowest BCUT2D eigenvalue weighted by atomic mass is 10.00. The van der Waals surface area contributed by atoms with Crippen molar-refractivity contribution in [3.8, 4) is 0 Å². The average molecular weight is 451 g/mol. The second kappa shape index (κ2) is 8.37. The number of piperidine rings is 1. The third-order valence-electron chi connectivity index (χ3n) is 5.24. The number of rotatable bonds is 6. The minimum absolute atomic E-state index is 0.0199. The van der Waals surface area contributed by atoms with Crippen LogP contribution >= 0.6 is 11.6 Å². The van der Waals surface area contributed by atoms with Crippen LogP contribution in [0.3, 0.4) is 0 Å². The standard InChI is InChI=1S/C19H23ClN6O3S/c1-30(28,29)26-6-2-3-12(11-26)9-21-18-15(20)10-22-19(25-18)23-14-5-4-13-7-17(27)24-16(13)8-14/h4-5,8,10,12H,2-3,6-7,9,11H2,1H3,(H,24,27)(H2,21,22,23,25). The molecule has 30 heavy (non-hydrogen) atoms. The molecule has 3 N–H and O–H groups in total. The van der Waals surface area contributed by atoms with Gasteiger partial charge in [0.2, 0.25) is 21.9 Å². The molecule has 0 aliphatic carbocycles. The maximum Gasteiger partial charge on any atom is 0.229 e. The zero-order valence-electron chi connectivity index (χ0n) is 16.5. The van der Waals surface area contributed by atoms with Crippen LogP contribution in [0.4, 0.5) is 23.1 Å². The van der Waals surface area contributed by atoms with Gasteiger partial charge >= 0.3 is 0 Å². The molecular weight excluding hydrogens is 428 g/mol. The van der Waals surface area contributed by atoms with E-state index >= 15 is 0 Å². The highest BCUT2D eigenvalue weighted by molar-refractivity contribution is 7.88. The summed E-state index contributed by atoms with van der Waals surface area (Å²) in [5, 5.41) is 9.55. The molecule has 0 radical (unpaired) electrons. The summed E-state index contributed by atoms with van der Waals surface area (Å²) in [7, 11) is -3.18. The number of anilines is 4. The Bertz CT molecular complexity index is 1080. The molecule has 11 heteroatoms.